The molecule has 4 aliphatic rings. The summed E-state index contributed by atoms with van der Waals surface area (Å²) in [5.74, 6) is 1.29. The van der Waals surface area contributed by atoms with Crippen molar-refractivity contribution in [1.29, 1.82) is 0 Å². The first-order valence-electron chi connectivity index (χ1n) is 11.3. The van der Waals surface area contributed by atoms with E-state index in [0.717, 1.165) is 57.7 Å². The summed E-state index contributed by atoms with van der Waals surface area (Å²) in [4.78, 5) is 38.3. The van der Waals surface area contributed by atoms with E-state index in [-0.39, 0.29) is 24.5 Å². The zero-order valence-corrected chi connectivity index (χ0v) is 17.9. The van der Waals surface area contributed by atoms with Crippen LogP contribution in [0, 0.1) is 5.41 Å². The lowest BCUT2D eigenvalue weighted by atomic mass is 9.76. The van der Waals surface area contributed by atoms with E-state index in [1.807, 2.05) is 9.47 Å². The van der Waals surface area contributed by atoms with E-state index >= 15 is 0 Å². The summed E-state index contributed by atoms with van der Waals surface area (Å²) in [5.41, 5.74) is -0.397. The van der Waals surface area contributed by atoms with Gasteiger partial charge in [0.2, 0.25) is 5.82 Å². The van der Waals surface area contributed by atoms with Crippen LogP contribution in [0.2, 0.25) is 0 Å². The maximum atomic E-state index is 13.0. The number of likely N-dealkylation sites (tertiary alicyclic amines) is 2. The van der Waals surface area contributed by atoms with Crippen LogP contribution < -0.4 is 0 Å². The van der Waals surface area contributed by atoms with Gasteiger partial charge in [-0.1, -0.05) is 0 Å². The first-order valence-corrected chi connectivity index (χ1v) is 11.3. The summed E-state index contributed by atoms with van der Waals surface area (Å²) < 4.78 is 7.73. The number of rotatable bonds is 3. The van der Waals surface area contributed by atoms with Crippen LogP contribution in [-0.2, 0) is 27.3 Å². The molecule has 10 nitrogen and oxygen atoms in total. The van der Waals surface area contributed by atoms with Crippen molar-refractivity contribution in [2.45, 2.75) is 64.0 Å². The van der Waals surface area contributed by atoms with Crippen LogP contribution in [0.1, 0.15) is 61.4 Å². The fourth-order valence-corrected chi connectivity index (χ4v) is 5.35. The van der Waals surface area contributed by atoms with Gasteiger partial charge in [0.1, 0.15) is 11.9 Å². The molecule has 0 radical (unpaired) electrons. The molecule has 4 aliphatic heterocycles. The Morgan fingerprint density at radius 3 is 2.48 bits per heavy atom. The SMILES string of the molecule is O=C(c1nnc2n1CCCC2)N1CCC2(CC1)CC(CN1CCCC1)OC2=O.O=CO. The topological polar surface area (TPSA) is 118 Å². The molecular formula is C21H31N5O5. The van der Waals surface area contributed by atoms with Crippen molar-refractivity contribution in [1.82, 2.24) is 24.6 Å². The van der Waals surface area contributed by atoms with E-state index in [2.05, 4.69) is 15.1 Å². The lowest BCUT2D eigenvalue weighted by Gasteiger charge is -2.36. The number of cyclic esters (lactones) is 1. The molecule has 0 bridgehead atoms. The van der Waals surface area contributed by atoms with E-state index in [0.29, 0.717) is 31.8 Å². The highest BCUT2D eigenvalue weighted by Crippen LogP contribution is 2.43. The minimum Gasteiger partial charge on any atom is -0.483 e. The van der Waals surface area contributed by atoms with Gasteiger partial charge < -0.3 is 19.3 Å². The molecule has 0 saturated carbocycles. The Bertz CT molecular complexity index is 811. The largest absolute Gasteiger partial charge is 0.483 e. The maximum absolute atomic E-state index is 13.0. The molecule has 5 rings (SSSR count). The normalized spacial score (nSPS) is 25.0. The van der Waals surface area contributed by atoms with Gasteiger partial charge in [0.05, 0.1) is 5.41 Å². The molecule has 1 amide bonds. The van der Waals surface area contributed by atoms with E-state index in [4.69, 9.17) is 14.6 Å². The van der Waals surface area contributed by atoms with E-state index in [9.17, 15) is 9.59 Å². The Hall–Kier alpha value is -2.49. The first kappa shape index (κ1) is 21.7. The Morgan fingerprint density at radius 2 is 1.77 bits per heavy atom. The average molecular weight is 434 g/mol. The number of carbonyl (C=O) groups is 3. The molecule has 170 valence electrons. The van der Waals surface area contributed by atoms with E-state index < -0.39 is 5.41 Å². The zero-order chi connectivity index (χ0) is 21.8. The van der Waals surface area contributed by atoms with Crippen molar-refractivity contribution in [2.24, 2.45) is 5.41 Å². The fraction of sp³-hybridized carbons (Fsp3) is 0.762. The van der Waals surface area contributed by atoms with Crippen LogP contribution in [-0.4, -0.2) is 86.8 Å². The van der Waals surface area contributed by atoms with Crippen LogP contribution in [0.25, 0.3) is 0 Å². The molecule has 1 N–H and O–H groups in total. The van der Waals surface area contributed by atoms with Crippen LogP contribution in [0.3, 0.4) is 0 Å². The van der Waals surface area contributed by atoms with Gasteiger partial charge in [0.15, 0.2) is 0 Å². The molecule has 3 saturated heterocycles. The van der Waals surface area contributed by atoms with Gasteiger partial charge >= 0.3 is 5.97 Å². The molecule has 1 spiro atoms. The highest BCUT2D eigenvalue weighted by molar-refractivity contribution is 5.91. The molecule has 3 fully saturated rings. The second-order valence-corrected chi connectivity index (χ2v) is 8.97. The number of hydrogen-bond donors (Lipinski definition) is 1. The lowest BCUT2D eigenvalue weighted by Crippen LogP contribution is -2.45. The number of carboxylic acid groups (broad SMARTS) is 1. The molecule has 31 heavy (non-hydrogen) atoms. The highest BCUT2D eigenvalue weighted by atomic mass is 16.6. The molecule has 10 heteroatoms. The third-order valence-electron chi connectivity index (χ3n) is 7.04. The fourth-order valence-electron chi connectivity index (χ4n) is 5.35. The van der Waals surface area contributed by atoms with Crippen molar-refractivity contribution in [3.05, 3.63) is 11.6 Å². The molecule has 1 aromatic rings. The number of nitrogens with zero attached hydrogens (tertiary/aromatic N) is 5. The molecular weight excluding hydrogens is 402 g/mol. The minimum absolute atomic E-state index is 0.0105. The highest BCUT2D eigenvalue weighted by Gasteiger charge is 2.51. The second-order valence-electron chi connectivity index (χ2n) is 8.97. The van der Waals surface area contributed by atoms with Crippen LogP contribution in [0.4, 0.5) is 0 Å². The summed E-state index contributed by atoms with van der Waals surface area (Å²) in [6.45, 7) is 4.85. The molecule has 1 atom stereocenters. The summed E-state index contributed by atoms with van der Waals surface area (Å²) in [6, 6.07) is 0. The van der Waals surface area contributed by atoms with Gasteiger partial charge in [0.25, 0.3) is 12.4 Å². The Kier molecular flexibility index (Phi) is 6.54. The Morgan fingerprint density at radius 1 is 1.10 bits per heavy atom. The third kappa shape index (κ3) is 4.44. The number of aryl methyl sites for hydroxylation is 1. The summed E-state index contributed by atoms with van der Waals surface area (Å²) in [6.07, 6.45) is 7.75. The number of piperidine rings is 1. The predicted octanol–water partition coefficient (Wildman–Crippen LogP) is 0.949. The number of fused-ring (bicyclic) bond motifs is 1. The quantitative estimate of drug-likeness (QED) is 0.553. The third-order valence-corrected chi connectivity index (χ3v) is 7.04. The first-order chi connectivity index (χ1) is 15.1. The smallest absolute Gasteiger partial charge is 0.312 e. The van der Waals surface area contributed by atoms with Crippen LogP contribution >= 0.6 is 0 Å². The van der Waals surface area contributed by atoms with Crippen LogP contribution in [0.15, 0.2) is 0 Å². The molecule has 0 aliphatic carbocycles. The van der Waals surface area contributed by atoms with Crippen LogP contribution in [0.5, 0.6) is 0 Å². The second kappa shape index (κ2) is 9.33. The average Bonchev–Trinajstić information content (AvgIpc) is 3.49. The monoisotopic (exact) mass is 433 g/mol. The molecule has 5 heterocycles. The van der Waals surface area contributed by atoms with Gasteiger partial charge in [-0.2, -0.15) is 0 Å². The van der Waals surface area contributed by atoms with Crippen molar-refractivity contribution in [2.75, 3.05) is 32.7 Å². The number of amides is 1. The molecule has 0 aromatic carbocycles. The van der Waals surface area contributed by atoms with Gasteiger partial charge in [-0.25, -0.2) is 0 Å². The van der Waals surface area contributed by atoms with Gasteiger partial charge in [-0.3, -0.25) is 19.3 Å². The number of ether oxygens (including phenoxy) is 1. The number of hydrogen-bond acceptors (Lipinski definition) is 7. The lowest BCUT2D eigenvalue weighted by molar-refractivity contribution is -0.151. The van der Waals surface area contributed by atoms with Gasteiger partial charge in [0, 0.05) is 39.0 Å². The summed E-state index contributed by atoms with van der Waals surface area (Å²) in [7, 11) is 0. The van der Waals surface area contributed by atoms with Gasteiger partial charge in [-0.15, -0.1) is 10.2 Å². The van der Waals surface area contributed by atoms with Crippen molar-refractivity contribution >= 4 is 18.3 Å². The van der Waals surface area contributed by atoms with E-state index in [1.54, 1.807) is 0 Å². The van der Waals surface area contributed by atoms with E-state index in [1.165, 1.54) is 12.8 Å². The van der Waals surface area contributed by atoms with Gasteiger partial charge in [-0.05, 0) is 51.6 Å². The summed E-state index contributed by atoms with van der Waals surface area (Å²) in [5, 5.41) is 15.3. The standard InChI is InChI=1S/C20H29N5O3.CH2O2/c26-18(17-22-21-16-5-1-2-10-25(16)17)24-11-6-20(7-12-24)13-15(28-19(20)27)14-23-8-3-4-9-23;2-1-3/h15H,1-14H2;1H,(H,2,3). The molecule has 1 unspecified atom stereocenters. The Labute approximate surface area is 181 Å². The van der Waals surface area contributed by atoms with Crippen molar-refractivity contribution in [3.63, 3.8) is 0 Å². The predicted molar refractivity (Wildman–Crippen MR) is 109 cm³/mol. The Balaban J connectivity index is 0.000000730. The summed E-state index contributed by atoms with van der Waals surface area (Å²) >= 11 is 0. The number of esters is 1. The maximum Gasteiger partial charge on any atom is 0.312 e. The number of carbonyl (C=O) groups excluding carboxylic acids is 2. The zero-order valence-electron chi connectivity index (χ0n) is 17.9. The number of aromatic nitrogens is 3. The minimum atomic E-state index is -0.397. The molecule has 1 aromatic heterocycles. The van der Waals surface area contributed by atoms with Crippen molar-refractivity contribution in [3.8, 4) is 0 Å². The van der Waals surface area contributed by atoms with Crippen molar-refractivity contribution < 1.29 is 24.2 Å².